The second-order valence-corrected chi connectivity index (χ2v) is 4.88. The molecule has 0 unspecified atom stereocenters. The van der Waals surface area contributed by atoms with E-state index in [0.29, 0.717) is 15.9 Å². The van der Waals surface area contributed by atoms with Crippen LogP contribution in [0.15, 0.2) is 0 Å². The van der Waals surface area contributed by atoms with Gasteiger partial charge in [0.15, 0.2) is 0 Å². The number of hydrogen-bond donors (Lipinski definition) is 0. The maximum absolute atomic E-state index is 9.00. The van der Waals surface area contributed by atoms with E-state index in [0.717, 1.165) is 0 Å². The van der Waals surface area contributed by atoms with Gasteiger partial charge in [0.05, 0.1) is 14.1 Å². The van der Waals surface area contributed by atoms with E-state index in [-0.39, 0.29) is 0 Å². The Balaban J connectivity index is 2.68. The number of hydrogen-bond acceptors (Lipinski definition) is 1. The highest BCUT2D eigenvalue weighted by atomic mass is 15.4. The smallest absolute Gasteiger partial charge is 0.224 e. The summed E-state index contributed by atoms with van der Waals surface area (Å²) >= 11 is 0. The van der Waals surface area contributed by atoms with Gasteiger partial charge in [-0.1, -0.05) is 13.8 Å². The van der Waals surface area contributed by atoms with E-state index < -0.39 is 0 Å². The lowest BCUT2D eigenvalue weighted by molar-refractivity contribution is -0.864. The van der Waals surface area contributed by atoms with Crippen molar-refractivity contribution in [2.45, 2.75) is 38.6 Å². The second kappa shape index (κ2) is 2.74. The van der Waals surface area contributed by atoms with Crippen LogP contribution in [0.2, 0.25) is 0 Å². The van der Waals surface area contributed by atoms with Crippen LogP contribution in [0.4, 0.5) is 0 Å². The highest BCUT2D eigenvalue weighted by Crippen LogP contribution is 2.48. The van der Waals surface area contributed by atoms with E-state index in [1.165, 1.54) is 19.3 Å². The summed E-state index contributed by atoms with van der Waals surface area (Å²) in [4.78, 5) is 0. The molecule has 0 heterocycles. The van der Waals surface area contributed by atoms with E-state index in [2.05, 4.69) is 20.0 Å². The Labute approximate surface area is 75.4 Å². The largest absolute Gasteiger partial charge is 0.308 e. The number of nitrogens with zero attached hydrogens (tertiary/aromatic N) is 2. The van der Waals surface area contributed by atoms with Crippen molar-refractivity contribution >= 4 is 0 Å². The van der Waals surface area contributed by atoms with Crippen LogP contribution in [-0.2, 0) is 0 Å². The lowest BCUT2D eigenvalue weighted by atomic mass is 9.99. The Morgan fingerprint density at radius 3 is 2.17 bits per heavy atom. The Kier molecular flexibility index (Phi) is 2.18. The summed E-state index contributed by atoms with van der Waals surface area (Å²) in [5.41, 5.74) is 0.295. The second-order valence-electron chi connectivity index (χ2n) is 4.88. The average Bonchev–Trinajstić information content (AvgIpc) is 2.68. The molecule has 0 aromatic heterocycles. The number of rotatable bonds is 3. The van der Waals surface area contributed by atoms with Crippen molar-refractivity contribution in [2.24, 2.45) is 5.92 Å². The minimum atomic E-state index is 0.295. The minimum Gasteiger partial charge on any atom is -0.224 e. The molecule has 0 atom stereocenters. The zero-order valence-corrected chi connectivity index (χ0v) is 8.59. The first-order valence-corrected chi connectivity index (χ1v) is 4.69. The zero-order valence-electron chi connectivity index (χ0n) is 8.59. The molecule has 0 spiro atoms. The molecule has 0 radical (unpaired) electrons. The lowest BCUT2D eigenvalue weighted by Gasteiger charge is -2.31. The van der Waals surface area contributed by atoms with Crippen LogP contribution in [0.25, 0.3) is 0 Å². The third-order valence-electron chi connectivity index (χ3n) is 3.05. The van der Waals surface area contributed by atoms with Gasteiger partial charge >= 0.3 is 6.19 Å². The van der Waals surface area contributed by atoms with Gasteiger partial charge in [-0.15, -0.1) is 5.26 Å². The molecule has 0 saturated heterocycles. The molecule has 0 aromatic carbocycles. The molecule has 1 saturated carbocycles. The van der Waals surface area contributed by atoms with E-state index in [1.807, 2.05) is 14.1 Å². The van der Waals surface area contributed by atoms with E-state index >= 15 is 0 Å². The van der Waals surface area contributed by atoms with Crippen molar-refractivity contribution < 1.29 is 4.48 Å². The SMILES string of the molecule is CC(C)CC1([N+](C)(C)C#N)CC1. The molecule has 1 aliphatic rings. The molecule has 0 amide bonds. The predicted octanol–water partition coefficient (Wildman–Crippen LogP) is 2.12. The molecule has 1 fully saturated rings. The van der Waals surface area contributed by atoms with Crippen molar-refractivity contribution in [3.05, 3.63) is 0 Å². The topological polar surface area (TPSA) is 23.8 Å². The fourth-order valence-corrected chi connectivity index (χ4v) is 2.00. The van der Waals surface area contributed by atoms with Crippen LogP contribution in [0.5, 0.6) is 0 Å². The summed E-state index contributed by atoms with van der Waals surface area (Å²) in [7, 11) is 4.05. The standard InChI is InChI=1S/C10H19N2/c1-9(2)7-10(5-6-10)12(3,4)8-11/h9H,5-7H2,1-4H3/q+1. The van der Waals surface area contributed by atoms with Gasteiger partial charge in [0.1, 0.15) is 5.54 Å². The van der Waals surface area contributed by atoms with Crippen molar-refractivity contribution in [3.8, 4) is 6.19 Å². The number of quaternary nitrogens is 1. The molecule has 1 rings (SSSR count). The molecular formula is C10H19N2+. The summed E-state index contributed by atoms with van der Waals surface area (Å²) in [5, 5.41) is 9.00. The Morgan fingerprint density at radius 1 is 1.42 bits per heavy atom. The van der Waals surface area contributed by atoms with Crippen LogP contribution < -0.4 is 0 Å². The Morgan fingerprint density at radius 2 is 1.92 bits per heavy atom. The van der Waals surface area contributed by atoms with Gasteiger partial charge in [0.25, 0.3) is 0 Å². The van der Waals surface area contributed by atoms with Crippen LogP contribution in [-0.4, -0.2) is 24.1 Å². The quantitative estimate of drug-likeness (QED) is 0.466. The van der Waals surface area contributed by atoms with Crippen molar-refractivity contribution in [3.63, 3.8) is 0 Å². The van der Waals surface area contributed by atoms with E-state index in [4.69, 9.17) is 5.26 Å². The van der Waals surface area contributed by atoms with Gasteiger partial charge in [-0.05, 0) is 5.92 Å². The highest BCUT2D eigenvalue weighted by molar-refractivity contribution is 4.98. The monoisotopic (exact) mass is 167 g/mol. The molecule has 2 heteroatoms. The fourth-order valence-electron chi connectivity index (χ4n) is 2.00. The van der Waals surface area contributed by atoms with Gasteiger partial charge in [0.2, 0.25) is 0 Å². The van der Waals surface area contributed by atoms with Gasteiger partial charge < -0.3 is 0 Å². The van der Waals surface area contributed by atoms with Crippen molar-refractivity contribution in [1.82, 2.24) is 0 Å². The van der Waals surface area contributed by atoms with Crippen LogP contribution in [0.1, 0.15) is 33.1 Å². The molecule has 0 bridgehead atoms. The van der Waals surface area contributed by atoms with Crippen LogP contribution in [0, 0.1) is 17.4 Å². The normalized spacial score (nSPS) is 20.7. The summed E-state index contributed by atoms with van der Waals surface area (Å²) in [6.07, 6.45) is 6.03. The molecule has 0 N–H and O–H groups in total. The summed E-state index contributed by atoms with van der Waals surface area (Å²) in [6.45, 7) is 4.47. The minimum absolute atomic E-state index is 0.295. The van der Waals surface area contributed by atoms with Gasteiger partial charge in [-0.2, -0.15) is 0 Å². The molecule has 68 valence electrons. The van der Waals surface area contributed by atoms with Gasteiger partial charge in [0, 0.05) is 19.3 Å². The van der Waals surface area contributed by atoms with Gasteiger partial charge in [-0.25, -0.2) is 4.48 Å². The Hall–Kier alpha value is -0.550. The summed E-state index contributed by atoms with van der Waals surface area (Å²) < 4.78 is 0.533. The lowest BCUT2D eigenvalue weighted by Crippen LogP contribution is -2.47. The van der Waals surface area contributed by atoms with E-state index in [1.54, 1.807) is 0 Å². The molecule has 12 heavy (non-hydrogen) atoms. The number of nitriles is 1. The highest BCUT2D eigenvalue weighted by Gasteiger charge is 2.57. The predicted molar refractivity (Wildman–Crippen MR) is 49.1 cm³/mol. The summed E-state index contributed by atoms with van der Waals surface area (Å²) in [6, 6.07) is 0. The Bertz CT molecular complexity index is 206. The van der Waals surface area contributed by atoms with Crippen molar-refractivity contribution in [2.75, 3.05) is 14.1 Å². The van der Waals surface area contributed by atoms with Crippen LogP contribution in [0.3, 0.4) is 0 Å². The fraction of sp³-hybridized carbons (Fsp3) is 0.900. The summed E-state index contributed by atoms with van der Waals surface area (Å²) in [5.74, 6) is 0.707. The maximum Gasteiger partial charge on any atom is 0.308 e. The third kappa shape index (κ3) is 1.47. The molecule has 0 aliphatic heterocycles. The first kappa shape index (κ1) is 9.54. The first-order valence-electron chi connectivity index (χ1n) is 4.69. The molecule has 2 nitrogen and oxygen atoms in total. The average molecular weight is 167 g/mol. The zero-order chi connectivity index (χ0) is 9.41. The molecule has 0 aromatic rings. The first-order chi connectivity index (χ1) is 5.43. The van der Waals surface area contributed by atoms with Gasteiger partial charge in [-0.3, -0.25) is 0 Å². The van der Waals surface area contributed by atoms with E-state index in [9.17, 15) is 0 Å². The third-order valence-corrected chi connectivity index (χ3v) is 3.05. The maximum atomic E-state index is 9.00. The molecular weight excluding hydrogens is 148 g/mol. The van der Waals surface area contributed by atoms with Crippen molar-refractivity contribution in [1.29, 1.82) is 5.26 Å². The van der Waals surface area contributed by atoms with Crippen LogP contribution >= 0.6 is 0 Å². The molecule has 1 aliphatic carbocycles.